The van der Waals surface area contributed by atoms with Gasteiger partial charge in [0.05, 0.1) is 11.8 Å². The summed E-state index contributed by atoms with van der Waals surface area (Å²) in [5.74, 6) is -0.0251. The van der Waals surface area contributed by atoms with Crippen molar-refractivity contribution in [3.05, 3.63) is 47.2 Å². The highest BCUT2D eigenvalue weighted by Crippen LogP contribution is 2.15. The number of rotatable bonds is 4. The van der Waals surface area contributed by atoms with Gasteiger partial charge in [-0.2, -0.15) is 5.10 Å². The molecular formula is C14H17N5O2. The molecule has 1 heterocycles. The van der Waals surface area contributed by atoms with Crippen LogP contribution in [0.1, 0.15) is 28.4 Å². The standard InChI is InChI=1S/C14H17N5O2/c1-3-9-4-6-10(7-5-9)14(20)17-13-11(12(15)18-21)8-16-19(13)2/h4-8,21H,3H2,1-2H3,(H2,15,18)(H,17,20). The first-order chi connectivity index (χ1) is 10.1. The Morgan fingerprint density at radius 3 is 2.67 bits per heavy atom. The molecule has 0 aliphatic carbocycles. The minimum atomic E-state index is -0.284. The van der Waals surface area contributed by atoms with Gasteiger partial charge in [0, 0.05) is 12.6 Å². The number of amidine groups is 1. The second-order valence-corrected chi connectivity index (χ2v) is 4.52. The van der Waals surface area contributed by atoms with Crippen molar-refractivity contribution in [2.75, 3.05) is 5.32 Å². The fraction of sp³-hybridized carbons (Fsp3) is 0.214. The number of aromatic nitrogens is 2. The number of nitrogens with one attached hydrogen (secondary N) is 1. The maximum Gasteiger partial charge on any atom is 0.256 e. The van der Waals surface area contributed by atoms with E-state index in [4.69, 9.17) is 10.9 Å². The zero-order chi connectivity index (χ0) is 15.4. The quantitative estimate of drug-likeness (QED) is 0.341. The molecule has 0 spiro atoms. The predicted octanol–water partition coefficient (Wildman–Crippen LogP) is 1.33. The molecule has 1 aromatic heterocycles. The lowest BCUT2D eigenvalue weighted by molar-refractivity contribution is 0.102. The maximum absolute atomic E-state index is 12.2. The third-order valence-electron chi connectivity index (χ3n) is 3.18. The molecule has 7 nitrogen and oxygen atoms in total. The largest absolute Gasteiger partial charge is 0.409 e. The Hall–Kier alpha value is -2.83. The lowest BCUT2D eigenvalue weighted by Gasteiger charge is -2.08. The number of hydrogen-bond donors (Lipinski definition) is 3. The zero-order valence-electron chi connectivity index (χ0n) is 11.9. The third kappa shape index (κ3) is 3.02. The Morgan fingerprint density at radius 2 is 2.10 bits per heavy atom. The summed E-state index contributed by atoms with van der Waals surface area (Å²) in [5, 5.41) is 18.4. The molecule has 0 aliphatic rings. The minimum absolute atomic E-state index is 0.111. The molecule has 0 aliphatic heterocycles. The van der Waals surface area contributed by atoms with E-state index in [1.54, 1.807) is 19.2 Å². The van der Waals surface area contributed by atoms with E-state index in [9.17, 15) is 4.79 Å². The SMILES string of the molecule is CCc1ccc(C(=O)Nc2c(C(N)=NO)cnn2C)cc1. The molecule has 2 aromatic rings. The van der Waals surface area contributed by atoms with E-state index in [-0.39, 0.29) is 11.7 Å². The van der Waals surface area contributed by atoms with Crippen LogP contribution in [0.25, 0.3) is 0 Å². The number of oxime groups is 1. The molecule has 0 fully saturated rings. The lowest BCUT2D eigenvalue weighted by atomic mass is 10.1. The molecule has 0 radical (unpaired) electrons. The van der Waals surface area contributed by atoms with Gasteiger partial charge in [-0.1, -0.05) is 24.2 Å². The number of amides is 1. The van der Waals surface area contributed by atoms with Crippen molar-refractivity contribution in [2.24, 2.45) is 17.9 Å². The summed E-state index contributed by atoms with van der Waals surface area (Å²) >= 11 is 0. The van der Waals surface area contributed by atoms with Crippen molar-refractivity contribution in [1.82, 2.24) is 9.78 Å². The van der Waals surface area contributed by atoms with Crippen LogP contribution in [-0.2, 0) is 13.5 Å². The van der Waals surface area contributed by atoms with Crippen molar-refractivity contribution in [1.29, 1.82) is 0 Å². The summed E-state index contributed by atoms with van der Waals surface area (Å²) in [5.41, 5.74) is 7.60. The Labute approximate surface area is 122 Å². The Kier molecular flexibility index (Phi) is 4.22. The molecule has 1 amide bonds. The first-order valence-electron chi connectivity index (χ1n) is 6.47. The minimum Gasteiger partial charge on any atom is -0.409 e. The Balaban J connectivity index is 2.25. The molecule has 0 unspecified atom stereocenters. The molecular weight excluding hydrogens is 270 g/mol. The van der Waals surface area contributed by atoms with Crippen LogP contribution in [0.5, 0.6) is 0 Å². The molecule has 0 saturated heterocycles. The van der Waals surface area contributed by atoms with Gasteiger partial charge in [-0.05, 0) is 24.1 Å². The highest BCUT2D eigenvalue weighted by molar-refractivity contribution is 6.09. The number of nitrogens with two attached hydrogens (primary N) is 1. The second-order valence-electron chi connectivity index (χ2n) is 4.52. The molecule has 0 atom stereocenters. The van der Waals surface area contributed by atoms with Gasteiger partial charge in [0.2, 0.25) is 0 Å². The summed E-state index contributed by atoms with van der Waals surface area (Å²) in [4.78, 5) is 12.2. The summed E-state index contributed by atoms with van der Waals surface area (Å²) in [6.07, 6.45) is 2.34. The summed E-state index contributed by atoms with van der Waals surface area (Å²) in [6, 6.07) is 7.33. The van der Waals surface area contributed by atoms with Crippen molar-refractivity contribution in [2.45, 2.75) is 13.3 Å². The lowest BCUT2D eigenvalue weighted by Crippen LogP contribution is -2.20. The van der Waals surface area contributed by atoms with Gasteiger partial charge >= 0.3 is 0 Å². The number of aryl methyl sites for hydroxylation is 2. The van der Waals surface area contributed by atoms with E-state index in [1.165, 1.54) is 10.9 Å². The van der Waals surface area contributed by atoms with E-state index in [1.807, 2.05) is 19.1 Å². The number of benzene rings is 1. The summed E-state index contributed by atoms with van der Waals surface area (Å²) in [7, 11) is 1.66. The monoisotopic (exact) mass is 287 g/mol. The molecule has 4 N–H and O–H groups in total. The van der Waals surface area contributed by atoms with Gasteiger partial charge < -0.3 is 16.3 Å². The van der Waals surface area contributed by atoms with Crippen LogP contribution in [0.3, 0.4) is 0 Å². The second kappa shape index (κ2) is 6.08. The van der Waals surface area contributed by atoms with Crippen LogP contribution >= 0.6 is 0 Å². The average molecular weight is 287 g/mol. The van der Waals surface area contributed by atoms with E-state index >= 15 is 0 Å². The number of hydrogen-bond acceptors (Lipinski definition) is 4. The number of carbonyl (C=O) groups is 1. The summed E-state index contributed by atoms with van der Waals surface area (Å²) < 4.78 is 1.45. The molecule has 110 valence electrons. The average Bonchev–Trinajstić information content (AvgIpc) is 2.87. The Bertz CT molecular complexity index is 673. The van der Waals surface area contributed by atoms with E-state index in [2.05, 4.69) is 15.6 Å². The van der Waals surface area contributed by atoms with Crippen LogP contribution in [0, 0.1) is 0 Å². The highest BCUT2D eigenvalue weighted by Gasteiger charge is 2.16. The van der Waals surface area contributed by atoms with Crippen molar-refractivity contribution < 1.29 is 10.0 Å². The highest BCUT2D eigenvalue weighted by atomic mass is 16.4. The van der Waals surface area contributed by atoms with Crippen LogP contribution in [0.4, 0.5) is 5.82 Å². The van der Waals surface area contributed by atoms with Crippen molar-refractivity contribution >= 4 is 17.6 Å². The molecule has 1 aromatic carbocycles. The van der Waals surface area contributed by atoms with Crippen LogP contribution in [-0.4, -0.2) is 26.7 Å². The van der Waals surface area contributed by atoms with Gasteiger partial charge in [-0.15, -0.1) is 0 Å². The smallest absolute Gasteiger partial charge is 0.256 e. The number of carbonyl (C=O) groups excluding carboxylic acids is 1. The van der Waals surface area contributed by atoms with Gasteiger partial charge in [0.25, 0.3) is 5.91 Å². The fourth-order valence-electron chi connectivity index (χ4n) is 1.90. The topological polar surface area (TPSA) is 106 Å². The van der Waals surface area contributed by atoms with Crippen LogP contribution in [0.15, 0.2) is 35.6 Å². The Morgan fingerprint density at radius 1 is 1.43 bits per heavy atom. The maximum atomic E-state index is 12.2. The van der Waals surface area contributed by atoms with Gasteiger partial charge in [-0.3, -0.25) is 9.48 Å². The van der Waals surface area contributed by atoms with Gasteiger partial charge in [0.15, 0.2) is 5.84 Å². The molecule has 0 bridgehead atoms. The third-order valence-corrected chi connectivity index (χ3v) is 3.18. The van der Waals surface area contributed by atoms with Crippen molar-refractivity contribution in [3.8, 4) is 0 Å². The predicted molar refractivity (Wildman–Crippen MR) is 79.5 cm³/mol. The summed E-state index contributed by atoms with van der Waals surface area (Å²) in [6.45, 7) is 2.05. The number of anilines is 1. The van der Waals surface area contributed by atoms with E-state index < -0.39 is 0 Å². The molecule has 0 saturated carbocycles. The van der Waals surface area contributed by atoms with Gasteiger partial charge in [-0.25, -0.2) is 0 Å². The van der Waals surface area contributed by atoms with E-state index in [0.29, 0.717) is 16.9 Å². The molecule has 2 rings (SSSR count). The fourth-order valence-corrected chi connectivity index (χ4v) is 1.90. The van der Waals surface area contributed by atoms with Gasteiger partial charge in [0.1, 0.15) is 5.82 Å². The number of nitrogens with zero attached hydrogens (tertiary/aromatic N) is 3. The van der Waals surface area contributed by atoms with Crippen LogP contribution in [0.2, 0.25) is 0 Å². The first kappa shape index (κ1) is 14.6. The van der Waals surface area contributed by atoms with Crippen molar-refractivity contribution in [3.63, 3.8) is 0 Å². The normalized spacial score (nSPS) is 11.4. The van der Waals surface area contributed by atoms with Crippen LogP contribution < -0.4 is 11.1 Å². The first-order valence-corrected chi connectivity index (χ1v) is 6.47. The molecule has 21 heavy (non-hydrogen) atoms. The molecule has 7 heteroatoms. The van der Waals surface area contributed by atoms with E-state index in [0.717, 1.165) is 12.0 Å². The zero-order valence-corrected chi connectivity index (χ0v) is 11.9.